The summed E-state index contributed by atoms with van der Waals surface area (Å²) >= 11 is 0. The molecule has 0 unspecified atom stereocenters. The molecule has 0 atom stereocenters. The fourth-order valence-electron chi connectivity index (χ4n) is 1.68. The lowest BCUT2D eigenvalue weighted by Gasteiger charge is -2.06. The van der Waals surface area contributed by atoms with Crippen LogP contribution < -0.4 is 4.74 Å². The summed E-state index contributed by atoms with van der Waals surface area (Å²) in [7, 11) is 1.62. The third kappa shape index (κ3) is 2.68. The van der Waals surface area contributed by atoms with Gasteiger partial charge in [-0.2, -0.15) is 0 Å². The first kappa shape index (κ1) is 12.2. The number of methoxy groups -OCH3 is 1. The molecule has 0 aliphatic heterocycles. The van der Waals surface area contributed by atoms with Gasteiger partial charge >= 0.3 is 5.97 Å². The summed E-state index contributed by atoms with van der Waals surface area (Å²) in [6.45, 7) is 0. The van der Waals surface area contributed by atoms with E-state index in [0.717, 1.165) is 11.3 Å². The number of aromatic nitrogens is 1. The van der Waals surface area contributed by atoms with Gasteiger partial charge in [-0.1, -0.05) is 18.2 Å². The molecule has 0 radical (unpaired) electrons. The molecule has 5 nitrogen and oxygen atoms in total. The second-order valence-electron chi connectivity index (χ2n) is 3.74. The van der Waals surface area contributed by atoms with Crippen LogP contribution in [0.2, 0.25) is 0 Å². The molecule has 1 aromatic carbocycles. The summed E-state index contributed by atoms with van der Waals surface area (Å²) in [5.41, 5.74) is 1.04. The van der Waals surface area contributed by atoms with Crippen molar-refractivity contribution in [3.05, 3.63) is 47.7 Å². The number of ether oxygens (including phenoxy) is 1. The van der Waals surface area contributed by atoms with E-state index in [0.29, 0.717) is 18.7 Å². The molecule has 0 aliphatic carbocycles. The van der Waals surface area contributed by atoms with Crippen LogP contribution in [0.3, 0.4) is 0 Å². The fraction of sp³-hybridized carbons (Fsp3) is 0.231. The van der Waals surface area contributed by atoms with Crippen molar-refractivity contribution in [1.82, 2.24) is 4.98 Å². The first-order chi connectivity index (χ1) is 8.70. The summed E-state index contributed by atoms with van der Waals surface area (Å²) in [6.07, 6.45) is 2.44. The zero-order chi connectivity index (χ0) is 13.0. The van der Waals surface area contributed by atoms with E-state index in [-0.39, 0.29) is 5.76 Å². The van der Waals surface area contributed by atoms with E-state index in [4.69, 9.17) is 14.3 Å². The van der Waals surface area contributed by atoms with Gasteiger partial charge in [-0.3, -0.25) is 0 Å². The second-order valence-corrected chi connectivity index (χ2v) is 3.74. The molecule has 0 fully saturated rings. The lowest BCUT2D eigenvalue weighted by molar-refractivity contribution is 0.0660. The number of hydrogen-bond donors (Lipinski definition) is 1. The van der Waals surface area contributed by atoms with Gasteiger partial charge in [-0.15, -0.1) is 0 Å². The van der Waals surface area contributed by atoms with Gasteiger partial charge < -0.3 is 14.3 Å². The summed E-state index contributed by atoms with van der Waals surface area (Å²) < 4.78 is 10.3. The van der Waals surface area contributed by atoms with Crippen LogP contribution in [0.1, 0.15) is 22.0 Å². The van der Waals surface area contributed by atoms with E-state index < -0.39 is 5.97 Å². The van der Waals surface area contributed by atoms with Crippen molar-refractivity contribution in [2.24, 2.45) is 0 Å². The average Bonchev–Trinajstić information content (AvgIpc) is 2.85. The Labute approximate surface area is 104 Å². The Morgan fingerprint density at radius 2 is 2.17 bits per heavy atom. The van der Waals surface area contributed by atoms with Gasteiger partial charge in [0.05, 0.1) is 13.3 Å². The summed E-state index contributed by atoms with van der Waals surface area (Å²) in [6, 6.07) is 7.67. The monoisotopic (exact) mass is 247 g/mol. The summed E-state index contributed by atoms with van der Waals surface area (Å²) in [5.74, 6) is -0.0168. The Morgan fingerprint density at radius 1 is 1.39 bits per heavy atom. The van der Waals surface area contributed by atoms with Crippen LogP contribution in [0.4, 0.5) is 0 Å². The third-order valence-electron chi connectivity index (χ3n) is 2.57. The Morgan fingerprint density at radius 3 is 2.83 bits per heavy atom. The van der Waals surface area contributed by atoms with Gasteiger partial charge in [-0.25, -0.2) is 9.78 Å². The minimum absolute atomic E-state index is 0.134. The number of carbonyl (C=O) groups is 1. The molecule has 2 rings (SSSR count). The predicted molar refractivity (Wildman–Crippen MR) is 63.9 cm³/mol. The van der Waals surface area contributed by atoms with Crippen LogP contribution >= 0.6 is 0 Å². The number of nitrogens with zero attached hydrogens (tertiary/aromatic N) is 1. The molecular weight excluding hydrogens is 234 g/mol. The van der Waals surface area contributed by atoms with Gasteiger partial charge in [0.2, 0.25) is 5.76 Å². The van der Waals surface area contributed by atoms with E-state index in [9.17, 15) is 4.79 Å². The maximum absolute atomic E-state index is 10.6. The summed E-state index contributed by atoms with van der Waals surface area (Å²) in [4.78, 5) is 14.6. The Hall–Kier alpha value is -2.30. The molecule has 1 aromatic heterocycles. The molecule has 0 bridgehead atoms. The highest BCUT2D eigenvalue weighted by atomic mass is 16.5. The number of oxazole rings is 1. The summed E-state index contributed by atoms with van der Waals surface area (Å²) in [5, 5.41) is 8.71. The molecule has 0 spiro atoms. The zero-order valence-corrected chi connectivity index (χ0v) is 9.92. The van der Waals surface area contributed by atoms with Crippen LogP contribution in [0.25, 0.3) is 0 Å². The number of para-hydroxylation sites is 1. The van der Waals surface area contributed by atoms with Crippen molar-refractivity contribution in [2.75, 3.05) is 7.11 Å². The largest absolute Gasteiger partial charge is 0.496 e. The number of aromatic carboxylic acids is 1. The van der Waals surface area contributed by atoms with Crippen molar-refractivity contribution in [3.8, 4) is 5.75 Å². The van der Waals surface area contributed by atoms with E-state index in [1.807, 2.05) is 24.3 Å². The van der Waals surface area contributed by atoms with Gasteiger partial charge in [0.1, 0.15) is 5.75 Å². The van der Waals surface area contributed by atoms with Crippen molar-refractivity contribution in [1.29, 1.82) is 0 Å². The first-order valence-corrected chi connectivity index (χ1v) is 5.50. The quantitative estimate of drug-likeness (QED) is 0.876. The van der Waals surface area contributed by atoms with Crippen molar-refractivity contribution in [3.63, 3.8) is 0 Å². The molecule has 94 valence electrons. The Balaban J connectivity index is 2.04. The Bertz CT molecular complexity index is 547. The van der Waals surface area contributed by atoms with Gasteiger partial charge in [0.15, 0.2) is 5.89 Å². The molecule has 0 saturated heterocycles. The first-order valence-electron chi connectivity index (χ1n) is 5.50. The molecule has 0 saturated carbocycles. The number of rotatable bonds is 5. The SMILES string of the molecule is COc1ccccc1CCc1ncc(C(=O)O)o1. The van der Waals surface area contributed by atoms with Crippen LogP contribution in [-0.4, -0.2) is 23.2 Å². The topological polar surface area (TPSA) is 72.6 Å². The lowest BCUT2D eigenvalue weighted by Crippen LogP contribution is -1.95. The third-order valence-corrected chi connectivity index (χ3v) is 2.57. The molecular formula is C13H13NO4. The standard InChI is InChI=1S/C13H13NO4/c1-17-10-5-3-2-4-9(10)6-7-12-14-8-11(18-12)13(15)16/h2-5,8H,6-7H2,1H3,(H,15,16). The Kier molecular flexibility index (Phi) is 3.62. The molecule has 0 amide bonds. The molecule has 2 aromatic rings. The van der Waals surface area contributed by atoms with E-state index >= 15 is 0 Å². The molecule has 5 heteroatoms. The maximum atomic E-state index is 10.6. The van der Waals surface area contributed by atoms with Crippen LogP contribution in [0.5, 0.6) is 5.75 Å². The number of carboxylic acids is 1. The van der Waals surface area contributed by atoms with Crippen molar-refractivity contribution >= 4 is 5.97 Å². The van der Waals surface area contributed by atoms with Gasteiger partial charge in [0.25, 0.3) is 0 Å². The number of carboxylic acid groups (broad SMARTS) is 1. The van der Waals surface area contributed by atoms with Crippen LogP contribution in [-0.2, 0) is 12.8 Å². The fourth-order valence-corrected chi connectivity index (χ4v) is 1.68. The van der Waals surface area contributed by atoms with E-state index in [1.54, 1.807) is 7.11 Å². The minimum Gasteiger partial charge on any atom is -0.496 e. The smallest absolute Gasteiger partial charge is 0.373 e. The lowest BCUT2D eigenvalue weighted by atomic mass is 10.1. The average molecular weight is 247 g/mol. The van der Waals surface area contributed by atoms with E-state index in [2.05, 4.69) is 4.98 Å². The molecule has 1 N–H and O–H groups in total. The van der Waals surface area contributed by atoms with Crippen LogP contribution in [0, 0.1) is 0 Å². The highest BCUT2D eigenvalue weighted by molar-refractivity contribution is 5.83. The highest BCUT2D eigenvalue weighted by Gasteiger charge is 2.11. The van der Waals surface area contributed by atoms with Gasteiger partial charge in [-0.05, 0) is 18.1 Å². The van der Waals surface area contributed by atoms with Crippen LogP contribution in [0.15, 0.2) is 34.9 Å². The molecule has 1 heterocycles. The molecule has 18 heavy (non-hydrogen) atoms. The van der Waals surface area contributed by atoms with Crippen molar-refractivity contribution < 1.29 is 19.1 Å². The highest BCUT2D eigenvalue weighted by Crippen LogP contribution is 2.19. The normalized spacial score (nSPS) is 10.3. The van der Waals surface area contributed by atoms with E-state index in [1.165, 1.54) is 6.20 Å². The second kappa shape index (κ2) is 5.35. The predicted octanol–water partition coefficient (Wildman–Crippen LogP) is 2.17. The number of hydrogen-bond acceptors (Lipinski definition) is 4. The number of aryl methyl sites for hydroxylation is 2. The number of benzene rings is 1. The zero-order valence-electron chi connectivity index (χ0n) is 9.92. The van der Waals surface area contributed by atoms with Crippen molar-refractivity contribution in [2.45, 2.75) is 12.8 Å². The maximum Gasteiger partial charge on any atom is 0.373 e. The molecule has 0 aliphatic rings. The minimum atomic E-state index is -1.11. The van der Waals surface area contributed by atoms with Gasteiger partial charge in [0, 0.05) is 6.42 Å².